The fraction of sp³-hybridized carbons (Fsp3) is 0.846. The third-order valence-corrected chi connectivity index (χ3v) is 7.39. The molecule has 0 N–H and O–H groups in total. The van der Waals surface area contributed by atoms with Crippen LogP contribution < -0.4 is 0 Å². The Kier molecular flexibility index (Phi) is 8.03. The first-order chi connectivity index (χ1) is 14.0. The molecule has 3 nitrogen and oxygen atoms in total. The van der Waals surface area contributed by atoms with Crippen molar-refractivity contribution < 1.29 is 14.2 Å². The zero-order chi connectivity index (χ0) is 20.9. The molecule has 0 bridgehead atoms. The predicted molar refractivity (Wildman–Crippen MR) is 120 cm³/mol. The quantitative estimate of drug-likeness (QED) is 0.205. The Morgan fingerprint density at radius 1 is 1.14 bits per heavy atom. The van der Waals surface area contributed by atoms with Gasteiger partial charge in [-0.05, 0) is 58.4 Å². The number of ether oxygens (including phenoxy) is 3. The van der Waals surface area contributed by atoms with Crippen LogP contribution in [0, 0.1) is 5.92 Å². The monoisotopic (exact) mass is 404 g/mol. The van der Waals surface area contributed by atoms with Crippen molar-refractivity contribution in [3.63, 3.8) is 0 Å². The van der Waals surface area contributed by atoms with Crippen molar-refractivity contribution in [2.24, 2.45) is 5.92 Å². The highest BCUT2D eigenvalue weighted by atomic mass is 16.6. The molecule has 1 spiro atoms. The third kappa shape index (κ3) is 5.54. The van der Waals surface area contributed by atoms with Gasteiger partial charge in [0.2, 0.25) is 0 Å². The normalized spacial score (nSPS) is 37.1. The lowest BCUT2D eigenvalue weighted by molar-refractivity contribution is -0.0203. The SMILES string of the molecule is CCCCCCCCCC=C1CC[C@]2(CO2)[C@@H]([C@@]2(C)O[C@@H]2CC=C(C)C)[C@@H]1OC. The zero-order valence-corrected chi connectivity index (χ0v) is 19.6. The van der Waals surface area contributed by atoms with Gasteiger partial charge in [0.05, 0.1) is 24.7 Å². The second-order valence-electron chi connectivity index (χ2n) is 9.98. The maximum atomic E-state index is 6.31. The molecule has 5 atom stereocenters. The van der Waals surface area contributed by atoms with Gasteiger partial charge in [0.1, 0.15) is 11.2 Å². The molecule has 0 aromatic heterocycles. The number of epoxide rings is 2. The van der Waals surface area contributed by atoms with E-state index in [0.29, 0.717) is 12.0 Å². The molecule has 0 radical (unpaired) electrons. The summed E-state index contributed by atoms with van der Waals surface area (Å²) in [6, 6.07) is 0. The first-order valence-electron chi connectivity index (χ1n) is 12.1. The first kappa shape index (κ1) is 23.0. The van der Waals surface area contributed by atoms with Crippen LogP contribution in [0.4, 0.5) is 0 Å². The summed E-state index contributed by atoms with van der Waals surface area (Å²) in [5, 5.41) is 0. The van der Waals surface area contributed by atoms with Crippen molar-refractivity contribution in [3.05, 3.63) is 23.3 Å². The molecule has 0 aromatic carbocycles. The van der Waals surface area contributed by atoms with Gasteiger partial charge in [-0.3, -0.25) is 0 Å². The molecule has 3 heteroatoms. The summed E-state index contributed by atoms with van der Waals surface area (Å²) in [4.78, 5) is 0. The fourth-order valence-corrected chi connectivity index (χ4v) is 5.45. The van der Waals surface area contributed by atoms with Gasteiger partial charge in [0.15, 0.2) is 0 Å². The van der Waals surface area contributed by atoms with Crippen LogP contribution in [0.5, 0.6) is 0 Å². The number of methoxy groups -OCH3 is 1. The Morgan fingerprint density at radius 2 is 1.83 bits per heavy atom. The highest BCUT2D eigenvalue weighted by Gasteiger charge is 2.71. The van der Waals surface area contributed by atoms with E-state index < -0.39 is 0 Å². The van der Waals surface area contributed by atoms with Crippen molar-refractivity contribution in [1.82, 2.24) is 0 Å². The number of rotatable bonds is 12. The van der Waals surface area contributed by atoms with Crippen molar-refractivity contribution in [2.45, 2.75) is 122 Å². The van der Waals surface area contributed by atoms with Gasteiger partial charge >= 0.3 is 0 Å². The average Bonchev–Trinajstić information content (AvgIpc) is 3.60. The highest BCUT2D eigenvalue weighted by Crippen LogP contribution is 2.60. The molecule has 0 aromatic rings. The standard InChI is InChI=1S/C26H44O3/c1-6-7-8-9-10-11-12-13-14-21-17-18-26(19-28-26)24(23(21)27-5)25(4)22(29-25)16-15-20(2)3/h14-15,22-24H,6-13,16-19H2,1-5H3/t22-,23-,24-,25+,26+/m1/s1. The lowest BCUT2D eigenvalue weighted by Crippen LogP contribution is -2.49. The lowest BCUT2D eigenvalue weighted by Gasteiger charge is -2.40. The van der Waals surface area contributed by atoms with Crippen LogP contribution in [0.2, 0.25) is 0 Å². The van der Waals surface area contributed by atoms with Crippen LogP contribution in [0.15, 0.2) is 23.3 Å². The number of unbranched alkanes of at least 4 members (excludes halogenated alkanes) is 7. The third-order valence-electron chi connectivity index (χ3n) is 7.39. The topological polar surface area (TPSA) is 34.3 Å². The van der Waals surface area contributed by atoms with Crippen LogP contribution in [-0.2, 0) is 14.2 Å². The Bertz CT molecular complexity index is 585. The predicted octanol–water partition coefficient (Wildman–Crippen LogP) is 6.76. The maximum Gasteiger partial charge on any atom is 0.101 e. The van der Waals surface area contributed by atoms with Crippen LogP contribution in [-0.4, -0.2) is 37.1 Å². The minimum atomic E-state index is -0.123. The minimum Gasteiger partial charge on any atom is -0.377 e. The summed E-state index contributed by atoms with van der Waals surface area (Å²) >= 11 is 0. The molecular formula is C26H44O3. The molecule has 2 heterocycles. The lowest BCUT2D eigenvalue weighted by atomic mass is 9.67. The molecule has 166 valence electrons. The van der Waals surface area contributed by atoms with E-state index in [1.165, 1.54) is 62.5 Å². The largest absolute Gasteiger partial charge is 0.377 e. The van der Waals surface area contributed by atoms with Crippen LogP contribution in [0.3, 0.4) is 0 Å². The van der Waals surface area contributed by atoms with Gasteiger partial charge in [0, 0.05) is 7.11 Å². The Hall–Kier alpha value is -0.640. The summed E-state index contributed by atoms with van der Waals surface area (Å²) in [6.45, 7) is 9.76. The Morgan fingerprint density at radius 3 is 2.45 bits per heavy atom. The van der Waals surface area contributed by atoms with Crippen molar-refractivity contribution >= 4 is 0 Å². The summed E-state index contributed by atoms with van der Waals surface area (Å²) in [6.07, 6.45) is 19.2. The fourth-order valence-electron chi connectivity index (χ4n) is 5.45. The summed E-state index contributed by atoms with van der Waals surface area (Å²) in [7, 11) is 1.87. The molecule has 2 aliphatic heterocycles. The molecule has 3 aliphatic rings. The Balaban J connectivity index is 1.56. The van der Waals surface area contributed by atoms with Crippen LogP contribution in [0.1, 0.15) is 98.3 Å². The second-order valence-corrected chi connectivity index (χ2v) is 9.98. The molecular weight excluding hydrogens is 360 g/mol. The second kappa shape index (κ2) is 10.1. The van der Waals surface area contributed by atoms with E-state index in [-0.39, 0.29) is 17.3 Å². The highest BCUT2D eigenvalue weighted by molar-refractivity contribution is 5.28. The first-order valence-corrected chi connectivity index (χ1v) is 12.1. The number of hydrogen-bond donors (Lipinski definition) is 0. The van der Waals surface area contributed by atoms with Crippen molar-refractivity contribution in [1.29, 1.82) is 0 Å². The van der Waals surface area contributed by atoms with E-state index >= 15 is 0 Å². The maximum absolute atomic E-state index is 6.31. The minimum absolute atomic E-state index is 0.00817. The van der Waals surface area contributed by atoms with Crippen LogP contribution in [0.25, 0.3) is 0 Å². The van der Waals surface area contributed by atoms with E-state index in [4.69, 9.17) is 14.2 Å². The molecule has 2 saturated heterocycles. The molecule has 0 amide bonds. The van der Waals surface area contributed by atoms with Crippen LogP contribution >= 0.6 is 0 Å². The molecule has 0 unspecified atom stereocenters. The smallest absolute Gasteiger partial charge is 0.101 e. The van der Waals surface area contributed by atoms with E-state index in [9.17, 15) is 0 Å². The van der Waals surface area contributed by atoms with Gasteiger partial charge in [-0.25, -0.2) is 0 Å². The summed E-state index contributed by atoms with van der Waals surface area (Å²) < 4.78 is 18.5. The molecule has 3 fully saturated rings. The van der Waals surface area contributed by atoms with Crippen molar-refractivity contribution in [3.8, 4) is 0 Å². The van der Waals surface area contributed by atoms with E-state index in [2.05, 4.69) is 39.8 Å². The van der Waals surface area contributed by atoms with E-state index in [1.807, 2.05) is 7.11 Å². The number of hydrogen-bond acceptors (Lipinski definition) is 3. The van der Waals surface area contributed by atoms with Gasteiger partial charge < -0.3 is 14.2 Å². The van der Waals surface area contributed by atoms with Crippen molar-refractivity contribution in [2.75, 3.05) is 13.7 Å². The average molecular weight is 405 g/mol. The molecule has 3 rings (SSSR count). The van der Waals surface area contributed by atoms with Gasteiger partial charge in [-0.2, -0.15) is 0 Å². The van der Waals surface area contributed by atoms with E-state index in [1.54, 1.807) is 0 Å². The summed E-state index contributed by atoms with van der Waals surface area (Å²) in [5.74, 6) is 0.310. The van der Waals surface area contributed by atoms with Gasteiger partial charge in [0.25, 0.3) is 0 Å². The Labute approximate surface area is 179 Å². The zero-order valence-electron chi connectivity index (χ0n) is 19.6. The summed E-state index contributed by atoms with van der Waals surface area (Å²) in [5.41, 5.74) is 2.72. The van der Waals surface area contributed by atoms with Gasteiger partial charge in [-0.15, -0.1) is 0 Å². The number of allylic oxidation sites excluding steroid dienone is 2. The van der Waals surface area contributed by atoms with E-state index in [0.717, 1.165) is 25.9 Å². The van der Waals surface area contributed by atoms with Gasteiger partial charge in [-0.1, -0.05) is 63.2 Å². The molecule has 1 saturated carbocycles. The molecule has 1 aliphatic carbocycles. The molecule has 29 heavy (non-hydrogen) atoms.